The maximum atomic E-state index is 12.6. The molecule has 1 heterocycles. The number of hydrogen-bond acceptors (Lipinski definition) is 4. The van der Waals surface area contributed by atoms with Gasteiger partial charge in [-0.25, -0.2) is 13.2 Å². The molecule has 114 valence electrons. The van der Waals surface area contributed by atoms with Crippen LogP contribution in [0, 0.1) is 0 Å². The summed E-state index contributed by atoms with van der Waals surface area (Å²) < 4.78 is 26.7. The van der Waals surface area contributed by atoms with Gasteiger partial charge in [0.1, 0.15) is 4.88 Å². The molecule has 1 aromatic rings. The van der Waals surface area contributed by atoms with E-state index in [-0.39, 0.29) is 15.8 Å². The molecule has 0 aromatic carbocycles. The lowest BCUT2D eigenvalue weighted by Gasteiger charge is -2.27. The first-order chi connectivity index (χ1) is 9.34. The molecule has 0 radical (unpaired) electrons. The highest BCUT2D eigenvalue weighted by atomic mass is 32.2. The maximum absolute atomic E-state index is 12.6. The van der Waals surface area contributed by atoms with Gasteiger partial charge in [-0.05, 0) is 25.8 Å². The fraction of sp³-hybridized carbons (Fsp3) is 0.615. The van der Waals surface area contributed by atoms with Crippen LogP contribution in [0.15, 0.2) is 16.3 Å². The van der Waals surface area contributed by atoms with Crippen LogP contribution in [-0.2, 0) is 10.0 Å². The van der Waals surface area contributed by atoms with Crippen molar-refractivity contribution < 1.29 is 18.3 Å². The lowest BCUT2D eigenvalue weighted by molar-refractivity contribution is 0.0702. The Hall–Kier alpha value is -0.920. The maximum Gasteiger partial charge on any atom is 0.345 e. The van der Waals surface area contributed by atoms with Gasteiger partial charge in [-0.1, -0.05) is 20.3 Å². The Kier molecular flexibility index (Phi) is 6.16. The van der Waals surface area contributed by atoms with Crippen LogP contribution in [0.1, 0.15) is 49.7 Å². The molecule has 0 saturated heterocycles. The third-order valence-electron chi connectivity index (χ3n) is 3.21. The molecule has 1 unspecified atom stereocenters. The zero-order valence-corrected chi connectivity index (χ0v) is 13.6. The van der Waals surface area contributed by atoms with Gasteiger partial charge >= 0.3 is 5.97 Å². The van der Waals surface area contributed by atoms with Crippen LogP contribution in [0.25, 0.3) is 0 Å². The Bertz CT molecular complexity index is 550. The number of carbonyl (C=O) groups is 1. The number of nitrogens with zero attached hydrogens (tertiary/aromatic N) is 1. The quantitative estimate of drug-likeness (QED) is 0.799. The first kappa shape index (κ1) is 17.1. The molecule has 7 heteroatoms. The molecule has 0 spiro atoms. The number of rotatable bonds is 8. The lowest BCUT2D eigenvalue weighted by atomic mass is 10.2. The summed E-state index contributed by atoms with van der Waals surface area (Å²) in [7, 11) is -3.62. The number of sulfonamides is 1. The predicted molar refractivity (Wildman–Crippen MR) is 79.8 cm³/mol. The van der Waals surface area contributed by atoms with Crippen LogP contribution in [0.3, 0.4) is 0 Å². The topological polar surface area (TPSA) is 74.7 Å². The molecular formula is C13H21NO4S2. The average molecular weight is 319 g/mol. The van der Waals surface area contributed by atoms with Gasteiger partial charge < -0.3 is 5.11 Å². The summed E-state index contributed by atoms with van der Waals surface area (Å²) in [5.74, 6) is -1.10. The second-order valence-electron chi connectivity index (χ2n) is 4.68. The lowest BCUT2D eigenvalue weighted by Crippen LogP contribution is -2.38. The Morgan fingerprint density at radius 2 is 2.10 bits per heavy atom. The van der Waals surface area contributed by atoms with Crippen LogP contribution < -0.4 is 0 Å². The molecule has 1 atom stereocenters. The SMILES string of the molecule is CCCCN(C(C)CC)S(=O)(=O)c1csc(C(=O)O)c1. The third-order valence-corrected chi connectivity index (χ3v) is 6.27. The molecule has 0 aliphatic carbocycles. The molecule has 0 bridgehead atoms. The van der Waals surface area contributed by atoms with E-state index >= 15 is 0 Å². The van der Waals surface area contributed by atoms with Crippen molar-refractivity contribution in [3.63, 3.8) is 0 Å². The summed E-state index contributed by atoms with van der Waals surface area (Å²) in [5, 5.41) is 10.3. The molecular weight excluding hydrogens is 298 g/mol. The van der Waals surface area contributed by atoms with E-state index in [1.807, 2.05) is 20.8 Å². The highest BCUT2D eigenvalue weighted by Crippen LogP contribution is 2.25. The molecule has 5 nitrogen and oxygen atoms in total. The van der Waals surface area contributed by atoms with Crippen molar-refractivity contribution in [2.75, 3.05) is 6.54 Å². The Balaban J connectivity index is 3.10. The predicted octanol–water partition coefficient (Wildman–Crippen LogP) is 3.04. The summed E-state index contributed by atoms with van der Waals surface area (Å²) in [4.78, 5) is 11.0. The molecule has 0 saturated carbocycles. The number of thiophene rings is 1. The standard InChI is InChI=1S/C13H21NO4S2/c1-4-6-7-14(10(3)5-2)20(17,18)11-8-12(13(15)16)19-9-11/h8-10H,4-7H2,1-3H3,(H,15,16). The fourth-order valence-corrected chi connectivity index (χ4v) is 4.64. The number of hydrogen-bond donors (Lipinski definition) is 1. The van der Waals surface area contributed by atoms with Gasteiger partial charge in [0.2, 0.25) is 10.0 Å². The summed E-state index contributed by atoms with van der Waals surface area (Å²) in [6, 6.07) is 1.14. The van der Waals surface area contributed by atoms with Gasteiger partial charge in [0.25, 0.3) is 0 Å². The van der Waals surface area contributed by atoms with Gasteiger partial charge in [0.15, 0.2) is 0 Å². The van der Waals surface area contributed by atoms with E-state index in [9.17, 15) is 13.2 Å². The highest BCUT2D eigenvalue weighted by Gasteiger charge is 2.29. The highest BCUT2D eigenvalue weighted by molar-refractivity contribution is 7.89. The van der Waals surface area contributed by atoms with E-state index in [4.69, 9.17) is 5.11 Å². The Labute approximate surface area is 124 Å². The Morgan fingerprint density at radius 3 is 2.55 bits per heavy atom. The minimum atomic E-state index is -3.62. The average Bonchev–Trinajstić information content (AvgIpc) is 2.89. The smallest absolute Gasteiger partial charge is 0.345 e. The van der Waals surface area contributed by atoms with Crippen molar-refractivity contribution in [1.82, 2.24) is 4.31 Å². The van der Waals surface area contributed by atoms with Crippen LogP contribution in [0.4, 0.5) is 0 Å². The summed E-state index contributed by atoms with van der Waals surface area (Å²) in [6.45, 7) is 6.29. The number of aromatic carboxylic acids is 1. The minimum absolute atomic E-state index is 0.0446. The number of carboxylic acids is 1. The van der Waals surface area contributed by atoms with Gasteiger partial charge in [-0.3, -0.25) is 0 Å². The monoisotopic (exact) mass is 319 g/mol. The number of unbranched alkanes of at least 4 members (excludes halogenated alkanes) is 1. The zero-order chi connectivity index (χ0) is 15.3. The van der Waals surface area contributed by atoms with E-state index in [1.54, 1.807) is 0 Å². The first-order valence-electron chi connectivity index (χ1n) is 6.68. The summed E-state index contributed by atoms with van der Waals surface area (Å²) >= 11 is 0.940. The minimum Gasteiger partial charge on any atom is -0.477 e. The van der Waals surface area contributed by atoms with Crippen molar-refractivity contribution >= 4 is 27.3 Å². The van der Waals surface area contributed by atoms with Crippen LogP contribution in [0.2, 0.25) is 0 Å². The second-order valence-corrected chi connectivity index (χ2v) is 7.48. The summed E-state index contributed by atoms with van der Waals surface area (Å²) in [6.07, 6.45) is 2.42. The van der Waals surface area contributed by atoms with Crippen molar-refractivity contribution in [2.24, 2.45) is 0 Å². The molecule has 0 amide bonds. The van der Waals surface area contributed by atoms with E-state index < -0.39 is 16.0 Å². The van der Waals surface area contributed by atoms with E-state index in [2.05, 4.69) is 0 Å². The molecule has 1 N–H and O–H groups in total. The van der Waals surface area contributed by atoms with Gasteiger partial charge in [0, 0.05) is 18.0 Å². The van der Waals surface area contributed by atoms with Crippen molar-refractivity contribution in [3.05, 3.63) is 16.3 Å². The van der Waals surface area contributed by atoms with E-state index in [0.29, 0.717) is 6.54 Å². The van der Waals surface area contributed by atoms with Crippen molar-refractivity contribution in [2.45, 2.75) is 51.0 Å². The molecule has 0 aliphatic heterocycles. The first-order valence-corrected chi connectivity index (χ1v) is 9.00. The molecule has 0 aliphatic rings. The third kappa shape index (κ3) is 3.80. The molecule has 0 fully saturated rings. The number of carboxylic acid groups (broad SMARTS) is 1. The second kappa shape index (κ2) is 7.19. The van der Waals surface area contributed by atoms with Gasteiger partial charge in [0.05, 0.1) is 4.90 Å². The van der Waals surface area contributed by atoms with Gasteiger partial charge in [-0.15, -0.1) is 11.3 Å². The fourth-order valence-electron chi connectivity index (χ4n) is 1.80. The Morgan fingerprint density at radius 1 is 1.45 bits per heavy atom. The zero-order valence-electron chi connectivity index (χ0n) is 12.0. The van der Waals surface area contributed by atoms with Gasteiger partial charge in [-0.2, -0.15) is 4.31 Å². The summed E-state index contributed by atoms with van der Waals surface area (Å²) in [5.41, 5.74) is 0. The van der Waals surface area contributed by atoms with Crippen molar-refractivity contribution in [1.29, 1.82) is 0 Å². The van der Waals surface area contributed by atoms with Crippen LogP contribution in [-0.4, -0.2) is 36.4 Å². The van der Waals surface area contributed by atoms with E-state index in [0.717, 1.165) is 30.6 Å². The molecule has 20 heavy (non-hydrogen) atoms. The molecule has 1 rings (SSSR count). The van der Waals surface area contributed by atoms with Crippen LogP contribution >= 0.6 is 11.3 Å². The van der Waals surface area contributed by atoms with Crippen LogP contribution in [0.5, 0.6) is 0 Å². The normalized spacial score (nSPS) is 13.6. The largest absolute Gasteiger partial charge is 0.477 e. The van der Waals surface area contributed by atoms with Crippen molar-refractivity contribution in [3.8, 4) is 0 Å². The molecule has 1 aromatic heterocycles. The van der Waals surface area contributed by atoms with E-state index in [1.165, 1.54) is 15.8 Å².